The first-order valence-electron chi connectivity index (χ1n) is 20.6. The lowest BCUT2D eigenvalue weighted by atomic mass is 9.87. The second kappa shape index (κ2) is 15.1. The summed E-state index contributed by atoms with van der Waals surface area (Å²) in [4.78, 5) is 2.48. The van der Waals surface area contributed by atoms with Gasteiger partial charge in [0, 0.05) is 33.1 Å². The van der Waals surface area contributed by atoms with E-state index in [-0.39, 0.29) is 0 Å². The normalized spacial score (nSPS) is 11.3. The number of hydrogen-bond donors (Lipinski definition) is 0. The van der Waals surface area contributed by atoms with Gasteiger partial charge in [0.1, 0.15) is 0 Å². The van der Waals surface area contributed by atoms with Crippen LogP contribution in [-0.4, -0.2) is 4.57 Å². The van der Waals surface area contributed by atoms with E-state index in [9.17, 15) is 0 Å². The molecule has 0 unspecified atom stereocenters. The number of nitrogens with zero attached hydrogens (tertiary/aromatic N) is 2. The quantitative estimate of drug-likeness (QED) is 0.150. The third kappa shape index (κ3) is 6.14. The number of para-hydroxylation sites is 2. The average molecular weight is 765 g/mol. The monoisotopic (exact) mass is 764 g/mol. The highest BCUT2D eigenvalue weighted by Crippen LogP contribution is 2.49. The fourth-order valence-electron chi connectivity index (χ4n) is 9.08. The SMILES string of the molecule is c1ccc(-c2ccccc2-c2c(-c3ccccc3)cccc2N(c2cccc(-c3ccc4c5ccccc5n(-c5ccccc5)c4c3)c2)c2cccc3ccccc23)cc1. The lowest BCUT2D eigenvalue weighted by Gasteiger charge is -2.31. The van der Waals surface area contributed by atoms with Crippen LogP contribution in [-0.2, 0) is 0 Å². The lowest BCUT2D eigenvalue weighted by molar-refractivity contribution is 1.18. The molecule has 10 aromatic carbocycles. The molecule has 2 heteroatoms. The van der Waals surface area contributed by atoms with Crippen LogP contribution < -0.4 is 4.90 Å². The van der Waals surface area contributed by atoms with Crippen LogP contribution >= 0.6 is 0 Å². The first-order chi connectivity index (χ1) is 29.8. The van der Waals surface area contributed by atoms with Gasteiger partial charge in [-0.05, 0) is 92.9 Å². The fraction of sp³-hybridized carbons (Fsp3) is 0. The maximum atomic E-state index is 2.48. The Morgan fingerprint density at radius 2 is 0.833 bits per heavy atom. The number of fused-ring (bicyclic) bond motifs is 4. The summed E-state index contributed by atoms with van der Waals surface area (Å²) in [5.74, 6) is 0. The molecule has 0 saturated heterocycles. The van der Waals surface area contributed by atoms with Crippen LogP contribution in [0.3, 0.4) is 0 Å². The minimum absolute atomic E-state index is 1.08. The molecule has 0 fully saturated rings. The van der Waals surface area contributed by atoms with Gasteiger partial charge >= 0.3 is 0 Å². The van der Waals surface area contributed by atoms with Crippen LogP contribution in [0.1, 0.15) is 0 Å². The molecule has 2 nitrogen and oxygen atoms in total. The second-order valence-corrected chi connectivity index (χ2v) is 15.3. The molecule has 0 atom stereocenters. The van der Waals surface area contributed by atoms with Gasteiger partial charge in [0.2, 0.25) is 0 Å². The Balaban J connectivity index is 1.17. The van der Waals surface area contributed by atoms with Crippen LogP contribution in [0.25, 0.3) is 82.8 Å². The van der Waals surface area contributed by atoms with Gasteiger partial charge in [-0.15, -0.1) is 0 Å². The number of rotatable bonds is 8. The Morgan fingerprint density at radius 3 is 1.63 bits per heavy atom. The van der Waals surface area contributed by atoms with E-state index in [0.29, 0.717) is 0 Å². The van der Waals surface area contributed by atoms with Crippen molar-refractivity contribution >= 4 is 49.6 Å². The molecule has 0 aliphatic carbocycles. The number of benzene rings is 10. The Kier molecular flexibility index (Phi) is 8.87. The van der Waals surface area contributed by atoms with Crippen LogP contribution in [0.4, 0.5) is 17.1 Å². The van der Waals surface area contributed by atoms with E-state index in [1.54, 1.807) is 0 Å². The third-order valence-electron chi connectivity index (χ3n) is 11.8. The minimum Gasteiger partial charge on any atom is -0.309 e. The van der Waals surface area contributed by atoms with Gasteiger partial charge in [0.25, 0.3) is 0 Å². The van der Waals surface area contributed by atoms with Crippen LogP contribution in [0.15, 0.2) is 243 Å². The van der Waals surface area contributed by atoms with Gasteiger partial charge in [0.05, 0.1) is 22.4 Å². The van der Waals surface area contributed by atoms with Crippen molar-refractivity contribution in [2.24, 2.45) is 0 Å². The van der Waals surface area contributed by atoms with E-state index in [1.807, 2.05) is 0 Å². The smallest absolute Gasteiger partial charge is 0.0547 e. The summed E-state index contributed by atoms with van der Waals surface area (Å²) in [6, 6.07) is 88.0. The number of aromatic nitrogens is 1. The Hall–Kier alpha value is -7.94. The highest BCUT2D eigenvalue weighted by Gasteiger charge is 2.24. The van der Waals surface area contributed by atoms with E-state index in [1.165, 1.54) is 66.0 Å². The van der Waals surface area contributed by atoms with Gasteiger partial charge in [-0.3, -0.25) is 0 Å². The van der Waals surface area contributed by atoms with E-state index < -0.39 is 0 Å². The molecular formula is C58H40N2. The van der Waals surface area contributed by atoms with Gasteiger partial charge in [-0.2, -0.15) is 0 Å². The van der Waals surface area contributed by atoms with E-state index in [0.717, 1.165) is 33.9 Å². The molecule has 282 valence electrons. The Morgan fingerprint density at radius 1 is 0.300 bits per heavy atom. The molecule has 60 heavy (non-hydrogen) atoms. The topological polar surface area (TPSA) is 8.17 Å². The molecule has 0 amide bonds. The summed E-state index contributed by atoms with van der Waals surface area (Å²) in [5.41, 5.74) is 16.2. The maximum absolute atomic E-state index is 2.48. The molecular weight excluding hydrogens is 725 g/mol. The molecule has 0 aliphatic rings. The largest absolute Gasteiger partial charge is 0.309 e. The summed E-state index contributed by atoms with van der Waals surface area (Å²) in [6.07, 6.45) is 0. The highest BCUT2D eigenvalue weighted by molar-refractivity contribution is 6.10. The minimum atomic E-state index is 1.08. The van der Waals surface area contributed by atoms with Crippen molar-refractivity contribution in [3.05, 3.63) is 243 Å². The predicted molar refractivity (Wildman–Crippen MR) is 255 cm³/mol. The van der Waals surface area contributed by atoms with Crippen molar-refractivity contribution in [3.8, 4) is 50.2 Å². The molecule has 0 spiro atoms. The third-order valence-corrected chi connectivity index (χ3v) is 11.8. The van der Waals surface area contributed by atoms with Crippen LogP contribution in [0.5, 0.6) is 0 Å². The van der Waals surface area contributed by atoms with Crippen molar-refractivity contribution in [2.45, 2.75) is 0 Å². The molecule has 11 rings (SSSR count). The molecule has 11 aromatic rings. The zero-order valence-corrected chi connectivity index (χ0v) is 33.0. The molecule has 0 saturated carbocycles. The fourth-order valence-corrected chi connectivity index (χ4v) is 9.08. The zero-order valence-electron chi connectivity index (χ0n) is 33.0. The summed E-state index contributed by atoms with van der Waals surface area (Å²) in [6.45, 7) is 0. The van der Waals surface area contributed by atoms with Crippen molar-refractivity contribution in [2.75, 3.05) is 4.90 Å². The molecule has 0 N–H and O–H groups in total. The van der Waals surface area contributed by atoms with Gasteiger partial charge in [-0.25, -0.2) is 0 Å². The van der Waals surface area contributed by atoms with E-state index >= 15 is 0 Å². The molecule has 0 aliphatic heterocycles. The molecule has 1 heterocycles. The zero-order chi connectivity index (χ0) is 39.8. The second-order valence-electron chi connectivity index (χ2n) is 15.3. The first-order valence-corrected chi connectivity index (χ1v) is 20.6. The number of anilines is 3. The van der Waals surface area contributed by atoms with Gasteiger partial charge in [-0.1, -0.05) is 194 Å². The van der Waals surface area contributed by atoms with Crippen LogP contribution in [0.2, 0.25) is 0 Å². The maximum Gasteiger partial charge on any atom is 0.0547 e. The highest BCUT2D eigenvalue weighted by atomic mass is 15.1. The van der Waals surface area contributed by atoms with Crippen molar-refractivity contribution < 1.29 is 0 Å². The van der Waals surface area contributed by atoms with E-state index in [2.05, 4.69) is 252 Å². The first kappa shape index (κ1) is 35.2. The average Bonchev–Trinajstić information content (AvgIpc) is 3.66. The Bertz CT molecular complexity index is 3300. The standard InChI is InChI=1S/C58H40N2/c1-4-19-41(20-5-1)48-29-12-13-32-53(48)58-50(43-21-6-2-7-22-43)33-18-36-56(58)60(54-35-17-24-42-23-10-11-30-49(42)54)47-28-16-25-44(39-47)45-37-38-52-51-31-14-15-34-55(51)59(57(52)40-45)46-26-8-3-9-27-46/h1-40H. The molecule has 0 bridgehead atoms. The predicted octanol–water partition coefficient (Wildman–Crippen LogP) is 16.1. The number of hydrogen-bond acceptors (Lipinski definition) is 1. The van der Waals surface area contributed by atoms with Gasteiger partial charge in [0.15, 0.2) is 0 Å². The lowest BCUT2D eigenvalue weighted by Crippen LogP contribution is -2.12. The van der Waals surface area contributed by atoms with Gasteiger partial charge < -0.3 is 9.47 Å². The van der Waals surface area contributed by atoms with E-state index in [4.69, 9.17) is 0 Å². The summed E-state index contributed by atoms with van der Waals surface area (Å²) >= 11 is 0. The van der Waals surface area contributed by atoms with Crippen LogP contribution in [0, 0.1) is 0 Å². The summed E-state index contributed by atoms with van der Waals surface area (Å²) in [7, 11) is 0. The van der Waals surface area contributed by atoms with Crippen molar-refractivity contribution in [3.63, 3.8) is 0 Å². The van der Waals surface area contributed by atoms with Crippen molar-refractivity contribution in [1.82, 2.24) is 4.57 Å². The summed E-state index contributed by atoms with van der Waals surface area (Å²) < 4.78 is 2.39. The Labute approximate surface area is 350 Å². The summed E-state index contributed by atoms with van der Waals surface area (Å²) in [5, 5.41) is 4.87. The molecule has 0 radical (unpaired) electrons. The van der Waals surface area contributed by atoms with Crippen molar-refractivity contribution in [1.29, 1.82) is 0 Å². The molecule has 1 aromatic heterocycles.